The third kappa shape index (κ3) is 11.0. The lowest BCUT2D eigenvalue weighted by Crippen LogP contribution is -2.24. The molecule has 0 spiro atoms. The molecule has 142 valence electrons. The van der Waals surface area contributed by atoms with E-state index in [1.807, 2.05) is 0 Å². The van der Waals surface area contributed by atoms with Crippen LogP contribution in [0, 0.1) is 5.92 Å². The maximum absolute atomic E-state index is 12.4. The van der Waals surface area contributed by atoms with E-state index in [2.05, 4.69) is 19.6 Å². The van der Waals surface area contributed by atoms with Gasteiger partial charge in [0.2, 0.25) is 0 Å². The van der Waals surface area contributed by atoms with Crippen molar-refractivity contribution in [3.63, 3.8) is 0 Å². The predicted octanol–water partition coefficient (Wildman–Crippen LogP) is 3.61. The van der Waals surface area contributed by atoms with Crippen molar-refractivity contribution in [2.45, 2.75) is 52.4 Å². The van der Waals surface area contributed by atoms with E-state index in [9.17, 15) is 19.3 Å². The van der Waals surface area contributed by atoms with Crippen molar-refractivity contribution in [1.29, 1.82) is 0 Å². The number of carbonyl (C=O) groups is 2. The van der Waals surface area contributed by atoms with Gasteiger partial charge < -0.3 is 18.9 Å². The van der Waals surface area contributed by atoms with Crippen molar-refractivity contribution < 1.29 is 33.0 Å². The smallest absolute Gasteiger partial charge is 0.331 e. The lowest BCUT2D eigenvalue weighted by atomic mass is 10.1. The molecule has 0 aliphatic heterocycles. The molecule has 0 aromatic carbocycles. The van der Waals surface area contributed by atoms with Crippen molar-refractivity contribution in [3.05, 3.63) is 0 Å². The minimum absolute atomic E-state index is 0.0269. The van der Waals surface area contributed by atoms with E-state index in [0.29, 0.717) is 6.61 Å². The van der Waals surface area contributed by atoms with Crippen LogP contribution < -0.4 is 0 Å². The Kier molecular flexibility index (Phi) is 10.7. The van der Waals surface area contributed by atoms with Gasteiger partial charge in [-0.2, -0.15) is 0 Å². The van der Waals surface area contributed by atoms with Gasteiger partial charge in [0.05, 0.1) is 31.9 Å². The quantitative estimate of drug-likeness (QED) is 0.295. The number of carboxylic acid groups (broad SMARTS) is 1. The second-order valence-corrected chi connectivity index (χ2v) is 14.5. The van der Waals surface area contributed by atoms with E-state index in [0.717, 1.165) is 6.04 Å². The molecule has 0 radical (unpaired) electrons. The van der Waals surface area contributed by atoms with Crippen molar-refractivity contribution in [1.82, 2.24) is 0 Å². The number of carbonyl (C=O) groups excluding carboxylic acids is 1. The fourth-order valence-corrected chi connectivity index (χ4v) is 4.60. The standard InChI is InChI=1S/C15H31O7PSi/c1-6-21-23(19,22-7-2)12-13(15(17)18)8-9-14(16)20-10-11-24(3,4)5/h13H,6-12H2,1-5H3,(H,17,18). The summed E-state index contributed by atoms with van der Waals surface area (Å²) in [6.45, 7) is 10.6. The molecule has 0 aromatic rings. The second-order valence-electron chi connectivity index (χ2n) is 6.73. The van der Waals surface area contributed by atoms with Crippen LogP contribution in [0.2, 0.25) is 25.7 Å². The van der Waals surface area contributed by atoms with Gasteiger partial charge in [0, 0.05) is 14.5 Å². The van der Waals surface area contributed by atoms with Crippen LogP contribution in [-0.2, 0) is 27.9 Å². The lowest BCUT2D eigenvalue weighted by Gasteiger charge is -2.20. The van der Waals surface area contributed by atoms with Gasteiger partial charge in [0.1, 0.15) is 0 Å². The summed E-state index contributed by atoms with van der Waals surface area (Å²) in [5.74, 6) is -2.52. The van der Waals surface area contributed by atoms with E-state index in [-0.39, 0.29) is 32.2 Å². The summed E-state index contributed by atoms with van der Waals surface area (Å²) in [4.78, 5) is 23.1. The maximum atomic E-state index is 12.4. The first-order chi connectivity index (χ1) is 11.0. The molecule has 0 heterocycles. The fourth-order valence-electron chi connectivity index (χ4n) is 1.93. The van der Waals surface area contributed by atoms with Crippen molar-refractivity contribution in [3.8, 4) is 0 Å². The van der Waals surface area contributed by atoms with E-state index in [1.54, 1.807) is 13.8 Å². The molecule has 24 heavy (non-hydrogen) atoms. The highest BCUT2D eigenvalue weighted by Crippen LogP contribution is 2.50. The number of hydrogen-bond donors (Lipinski definition) is 1. The van der Waals surface area contributed by atoms with Crippen LogP contribution in [0.15, 0.2) is 0 Å². The Morgan fingerprint density at radius 3 is 2.08 bits per heavy atom. The molecule has 0 fully saturated rings. The zero-order valence-electron chi connectivity index (χ0n) is 15.4. The molecule has 0 aromatic heterocycles. The number of esters is 1. The molecule has 1 atom stereocenters. The Hall–Kier alpha value is -0.693. The van der Waals surface area contributed by atoms with E-state index < -0.39 is 33.5 Å². The monoisotopic (exact) mass is 382 g/mol. The molecule has 0 amide bonds. The highest BCUT2D eigenvalue weighted by Gasteiger charge is 2.32. The highest BCUT2D eigenvalue weighted by molar-refractivity contribution is 7.53. The first-order valence-corrected chi connectivity index (χ1v) is 13.7. The van der Waals surface area contributed by atoms with Gasteiger partial charge in [-0.1, -0.05) is 19.6 Å². The minimum atomic E-state index is -3.46. The summed E-state index contributed by atoms with van der Waals surface area (Å²) in [7, 11) is -4.74. The molecule has 0 saturated carbocycles. The topological polar surface area (TPSA) is 99.1 Å². The molecule has 0 bridgehead atoms. The first-order valence-electron chi connectivity index (χ1n) is 8.29. The summed E-state index contributed by atoms with van der Waals surface area (Å²) < 4.78 is 27.8. The highest BCUT2D eigenvalue weighted by atomic mass is 31.2. The average molecular weight is 382 g/mol. The number of aliphatic carboxylic acids is 1. The second kappa shape index (κ2) is 11.0. The van der Waals surface area contributed by atoms with Gasteiger partial charge in [0.15, 0.2) is 0 Å². The molecule has 0 saturated heterocycles. The molecule has 0 aliphatic carbocycles. The van der Waals surface area contributed by atoms with Crippen LogP contribution in [0.5, 0.6) is 0 Å². The zero-order valence-corrected chi connectivity index (χ0v) is 17.3. The van der Waals surface area contributed by atoms with Crippen LogP contribution in [0.4, 0.5) is 0 Å². The maximum Gasteiger partial charge on any atom is 0.331 e. The first kappa shape index (κ1) is 23.3. The Morgan fingerprint density at radius 2 is 1.67 bits per heavy atom. The normalized spacial score (nSPS) is 13.5. The Labute approximate surface area is 145 Å². The van der Waals surface area contributed by atoms with Crippen LogP contribution in [0.3, 0.4) is 0 Å². The fraction of sp³-hybridized carbons (Fsp3) is 0.867. The van der Waals surface area contributed by atoms with E-state index in [4.69, 9.17) is 13.8 Å². The van der Waals surface area contributed by atoms with Crippen molar-refractivity contribution >= 4 is 27.6 Å². The molecule has 0 aliphatic rings. The number of ether oxygens (including phenoxy) is 1. The third-order valence-electron chi connectivity index (χ3n) is 3.26. The Morgan fingerprint density at radius 1 is 1.12 bits per heavy atom. The van der Waals surface area contributed by atoms with Crippen molar-refractivity contribution in [2.24, 2.45) is 5.92 Å². The van der Waals surface area contributed by atoms with Gasteiger partial charge in [-0.3, -0.25) is 14.2 Å². The van der Waals surface area contributed by atoms with Gasteiger partial charge in [-0.25, -0.2) is 0 Å². The van der Waals surface area contributed by atoms with Crippen LogP contribution >= 0.6 is 7.60 Å². The Balaban J connectivity index is 4.50. The van der Waals surface area contributed by atoms with E-state index >= 15 is 0 Å². The zero-order chi connectivity index (χ0) is 18.8. The summed E-state index contributed by atoms with van der Waals surface area (Å²) >= 11 is 0. The summed E-state index contributed by atoms with van der Waals surface area (Å²) in [5.41, 5.74) is 0. The molecular weight excluding hydrogens is 351 g/mol. The van der Waals surface area contributed by atoms with Crippen LogP contribution in [0.25, 0.3) is 0 Å². The molecule has 7 nitrogen and oxygen atoms in total. The van der Waals surface area contributed by atoms with Gasteiger partial charge >= 0.3 is 19.5 Å². The lowest BCUT2D eigenvalue weighted by molar-refractivity contribution is -0.144. The SMILES string of the molecule is CCOP(=O)(CC(CCC(=O)OCC[Si](C)(C)C)C(=O)O)OCC. The number of rotatable bonds is 13. The largest absolute Gasteiger partial charge is 0.481 e. The summed E-state index contributed by atoms with van der Waals surface area (Å²) in [5, 5.41) is 9.29. The minimum Gasteiger partial charge on any atom is -0.481 e. The van der Waals surface area contributed by atoms with Crippen molar-refractivity contribution in [2.75, 3.05) is 26.0 Å². The molecule has 1 unspecified atom stereocenters. The summed E-state index contributed by atoms with van der Waals surface area (Å²) in [6.07, 6.45) is -0.224. The molecule has 9 heteroatoms. The van der Waals surface area contributed by atoms with E-state index in [1.165, 1.54) is 0 Å². The van der Waals surface area contributed by atoms with Gasteiger partial charge in [-0.05, 0) is 26.3 Å². The molecule has 1 N–H and O–H groups in total. The number of hydrogen-bond acceptors (Lipinski definition) is 6. The predicted molar refractivity (Wildman–Crippen MR) is 95.2 cm³/mol. The Bertz CT molecular complexity index is 438. The van der Waals surface area contributed by atoms with Crippen LogP contribution in [-0.4, -0.2) is 51.1 Å². The summed E-state index contributed by atoms with van der Waals surface area (Å²) in [6, 6.07) is 0.866. The molecule has 0 rings (SSSR count). The van der Waals surface area contributed by atoms with Crippen LogP contribution in [0.1, 0.15) is 26.7 Å². The van der Waals surface area contributed by atoms with Gasteiger partial charge in [-0.15, -0.1) is 0 Å². The number of carboxylic acids is 1. The average Bonchev–Trinajstić information content (AvgIpc) is 2.42. The third-order valence-corrected chi connectivity index (χ3v) is 7.15. The van der Waals surface area contributed by atoms with Gasteiger partial charge in [0.25, 0.3) is 0 Å². The molecular formula is C15H31O7PSi.